The van der Waals surface area contributed by atoms with Gasteiger partial charge in [-0.3, -0.25) is 4.79 Å². The summed E-state index contributed by atoms with van der Waals surface area (Å²) in [6.07, 6.45) is 3.41. The molecule has 2 N–H and O–H groups in total. The van der Waals surface area contributed by atoms with Gasteiger partial charge < -0.3 is 10.6 Å². The zero-order valence-corrected chi connectivity index (χ0v) is 14.0. The van der Waals surface area contributed by atoms with E-state index in [1.807, 2.05) is 37.3 Å². The Morgan fingerprint density at radius 1 is 1.19 bits per heavy atom. The number of hydrogen-bond acceptors (Lipinski definition) is 2. The molecule has 21 heavy (non-hydrogen) atoms. The third-order valence-corrected chi connectivity index (χ3v) is 4.56. The second kappa shape index (κ2) is 7.81. The van der Waals surface area contributed by atoms with Gasteiger partial charge in [0.2, 0.25) is 5.91 Å². The van der Waals surface area contributed by atoms with E-state index < -0.39 is 0 Å². The lowest BCUT2D eigenvalue weighted by atomic mass is 9.90. The number of benzene rings is 1. The van der Waals surface area contributed by atoms with Gasteiger partial charge in [0.1, 0.15) is 0 Å². The number of nitrogens with two attached hydrogens (primary N) is 1. The van der Waals surface area contributed by atoms with Crippen LogP contribution in [0.5, 0.6) is 0 Å². The molecule has 0 spiro atoms. The molecule has 1 aromatic rings. The Labute approximate surface area is 134 Å². The fourth-order valence-corrected chi connectivity index (χ4v) is 3.21. The van der Waals surface area contributed by atoms with Crippen LogP contribution < -0.4 is 5.73 Å². The van der Waals surface area contributed by atoms with E-state index in [2.05, 4.69) is 18.7 Å². The zero-order chi connectivity index (χ0) is 14.7. The molecule has 4 unspecified atom stereocenters. The lowest BCUT2D eigenvalue weighted by Gasteiger charge is -2.41. The van der Waals surface area contributed by atoms with E-state index >= 15 is 0 Å². The van der Waals surface area contributed by atoms with E-state index in [0.717, 1.165) is 18.4 Å². The summed E-state index contributed by atoms with van der Waals surface area (Å²) in [7, 11) is 0. The fraction of sp³-hybridized carbons (Fsp3) is 0.588. The first kappa shape index (κ1) is 18.0. The van der Waals surface area contributed by atoms with Crippen molar-refractivity contribution in [1.82, 2.24) is 4.90 Å². The normalized spacial score (nSPS) is 24.9. The van der Waals surface area contributed by atoms with Crippen molar-refractivity contribution in [3.63, 3.8) is 0 Å². The molecule has 1 saturated heterocycles. The van der Waals surface area contributed by atoms with Crippen LogP contribution in [0, 0.1) is 5.92 Å². The van der Waals surface area contributed by atoms with Crippen molar-refractivity contribution in [3.05, 3.63) is 35.9 Å². The molecule has 1 fully saturated rings. The zero-order valence-electron chi connectivity index (χ0n) is 13.2. The van der Waals surface area contributed by atoms with Crippen LogP contribution in [0.1, 0.15) is 51.6 Å². The van der Waals surface area contributed by atoms with Crippen molar-refractivity contribution in [1.29, 1.82) is 0 Å². The Bertz CT molecular complexity index is 441. The second-order valence-electron chi connectivity index (χ2n) is 6.10. The van der Waals surface area contributed by atoms with E-state index in [4.69, 9.17) is 5.73 Å². The summed E-state index contributed by atoms with van der Waals surface area (Å²) in [5, 5.41) is 0. The van der Waals surface area contributed by atoms with Crippen LogP contribution in [0.15, 0.2) is 30.3 Å². The minimum absolute atomic E-state index is 0. The fourth-order valence-electron chi connectivity index (χ4n) is 3.21. The minimum atomic E-state index is -0.231. The summed E-state index contributed by atoms with van der Waals surface area (Å²) in [5.74, 6) is 0.0152. The molecule has 118 valence electrons. The van der Waals surface area contributed by atoms with Crippen LogP contribution >= 0.6 is 12.4 Å². The highest BCUT2D eigenvalue weighted by Crippen LogP contribution is 2.28. The number of hydrogen-bond donors (Lipinski definition) is 1. The predicted octanol–water partition coefficient (Wildman–Crippen LogP) is 3.53. The largest absolute Gasteiger partial charge is 0.337 e. The van der Waals surface area contributed by atoms with Crippen molar-refractivity contribution in [3.8, 4) is 0 Å². The van der Waals surface area contributed by atoms with E-state index in [9.17, 15) is 4.79 Å². The molecule has 3 nitrogen and oxygen atoms in total. The summed E-state index contributed by atoms with van der Waals surface area (Å²) in [5.41, 5.74) is 7.32. The first-order valence-electron chi connectivity index (χ1n) is 7.65. The Morgan fingerprint density at radius 2 is 1.71 bits per heavy atom. The summed E-state index contributed by atoms with van der Waals surface area (Å²) >= 11 is 0. The average Bonchev–Trinajstić information content (AvgIpc) is 2.46. The quantitative estimate of drug-likeness (QED) is 0.928. The van der Waals surface area contributed by atoms with Crippen molar-refractivity contribution in [2.45, 2.75) is 58.2 Å². The van der Waals surface area contributed by atoms with Crippen molar-refractivity contribution in [2.24, 2.45) is 11.7 Å². The summed E-state index contributed by atoms with van der Waals surface area (Å²) in [6.45, 7) is 6.25. The first-order valence-corrected chi connectivity index (χ1v) is 7.65. The number of piperidine rings is 1. The number of nitrogens with zero attached hydrogens (tertiary/aromatic N) is 1. The highest BCUT2D eigenvalue weighted by atomic mass is 35.5. The highest BCUT2D eigenvalue weighted by Gasteiger charge is 2.34. The van der Waals surface area contributed by atoms with Crippen LogP contribution in [0.25, 0.3) is 0 Å². The van der Waals surface area contributed by atoms with Crippen molar-refractivity contribution < 1.29 is 4.79 Å². The maximum absolute atomic E-state index is 12.8. The molecule has 4 atom stereocenters. The van der Waals surface area contributed by atoms with Crippen LogP contribution in [0.3, 0.4) is 0 Å². The lowest BCUT2D eigenvalue weighted by Crippen LogP contribution is -2.50. The Morgan fingerprint density at radius 3 is 2.24 bits per heavy atom. The monoisotopic (exact) mass is 310 g/mol. The molecule has 1 amide bonds. The Hall–Kier alpha value is -1.06. The lowest BCUT2D eigenvalue weighted by molar-refractivity contribution is -0.141. The summed E-state index contributed by atoms with van der Waals surface area (Å²) < 4.78 is 0. The van der Waals surface area contributed by atoms with Gasteiger partial charge in [0.25, 0.3) is 0 Å². The van der Waals surface area contributed by atoms with Crippen molar-refractivity contribution in [2.75, 3.05) is 0 Å². The summed E-state index contributed by atoms with van der Waals surface area (Å²) in [4.78, 5) is 14.8. The molecular weight excluding hydrogens is 284 g/mol. The van der Waals surface area contributed by atoms with Crippen molar-refractivity contribution >= 4 is 18.3 Å². The third kappa shape index (κ3) is 3.98. The van der Waals surface area contributed by atoms with Crippen LogP contribution in [0.4, 0.5) is 0 Å². The topological polar surface area (TPSA) is 46.3 Å². The van der Waals surface area contributed by atoms with Crippen LogP contribution in [0.2, 0.25) is 0 Å². The van der Waals surface area contributed by atoms with Gasteiger partial charge in [0.15, 0.2) is 0 Å². The van der Waals surface area contributed by atoms with E-state index in [0.29, 0.717) is 12.1 Å². The molecule has 2 rings (SSSR count). The number of likely N-dealkylation sites (tertiary alicyclic amines) is 1. The average molecular weight is 311 g/mol. The SMILES string of the molecule is CC(C(=O)N1C(C)CCCC1C)C(N)c1ccccc1.Cl. The molecule has 1 aliphatic heterocycles. The second-order valence-corrected chi connectivity index (χ2v) is 6.10. The maximum Gasteiger partial charge on any atom is 0.227 e. The molecular formula is C17H27ClN2O. The molecule has 4 heteroatoms. The Balaban J connectivity index is 0.00000220. The Kier molecular flexibility index (Phi) is 6.69. The van der Waals surface area contributed by atoms with Gasteiger partial charge >= 0.3 is 0 Å². The standard InChI is InChI=1S/C17H26N2O.ClH/c1-12-8-7-9-13(2)19(12)17(20)14(3)16(18)15-10-5-4-6-11-15;/h4-6,10-14,16H,7-9,18H2,1-3H3;1H. The molecule has 0 radical (unpaired) electrons. The molecule has 1 aromatic carbocycles. The van der Waals surface area contributed by atoms with Gasteiger partial charge in [0, 0.05) is 18.1 Å². The number of carbonyl (C=O) groups excluding carboxylic acids is 1. The van der Waals surface area contributed by atoms with Gasteiger partial charge in [-0.1, -0.05) is 37.3 Å². The third-order valence-electron chi connectivity index (χ3n) is 4.56. The summed E-state index contributed by atoms with van der Waals surface area (Å²) in [6, 6.07) is 10.3. The minimum Gasteiger partial charge on any atom is -0.337 e. The van der Waals surface area contributed by atoms with Gasteiger partial charge in [-0.2, -0.15) is 0 Å². The van der Waals surface area contributed by atoms with Crippen LogP contribution in [-0.2, 0) is 4.79 Å². The predicted molar refractivity (Wildman–Crippen MR) is 89.4 cm³/mol. The maximum atomic E-state index is 12.8. The van der Waals surface area contributed by atoms with E-state index in [1.54, 1.807) is 0 Å². The number of amides is 1. The molecule has 0 bridgehead atoms. The molecule has 0 aromatic heterocycles. The number of rotatable bonds is 3. The van der Waals surface area contributed by atoms with Crippen LogP contribution in [-0.4, -0.2) is 22.9 Å². The first-order chi connectivity index (χ1) is 9.52. The van der Waals surface area contributed by atoms with Gasteiger partial charge in [-0.15, -0.1) is 12.4 Å². The molecule has 1 heterocycles. The van der Waals surface area contributed by atoms with E-state index in [-0.39, 0.29) is 30.3 Å². The van der Waals surface area contributed by atoms with Gasteiger partial charge in [-0.05, 0) is 38.7 Å². The molecule has 0 aliphatic carbocycles. The van der Waals surface area contributed by atoms with E-state index in [1.165, 1.54) is 6.42 Å². The smallest absolute Gasteiger partial charge is 0.227 e. The van der Waals surface area contributed by atoms with Gasteiger partial charge in [0.05, 0.1) is 5.92 Å². The number of halogens is 1. The molecule has 0 saturated carbocycles. The van der Waals surface area contributed by atoms with Gasteiger partial charge in [-0.25, -0.2) is 0 Å². The molecule has 1 aliphatic rings. The highest BCUT2D eigenvalue weighted by molar-refractivity contribution is 5.85. The number of carbonyl (C=O) groups is 1.